The van der Waals surface area contributed by atoms with Gasteiger partial charge in [0.1, 0.15) is 5.69 Å². The maximum Gasteiger partial charge on any atom is 0.308 e. The highest BCUT2D eigenvalue weighted by Gasteiger charge is 2.27. The van der Waals surface area contributed by atoms with E-state index >= 15 is 0 Å². The zero-order chi connectivity index (χ0) is 24.0. The second-order valence-corrected chi connectivity index (χ2v) is 10.7. The van der Waals surface area contributed by atoms with E-state index in [0.29, 0.717) is 37.9 Å². The van der Waals surface area contributed by atoms with Gasteiger partial charge in [-0.05, 0) is 49.7 Å². The van der Waals surface area contributed by atoms with Crippen LogP contribution in [0.2, 0.25) is 0 Å². The Morgan fingerprint density at radius 3 is 2.48 bits per heavy atom. The molecule has 0 saturated carbocycles. The topological polar surface area (TPSA) is 119 Å². The van der Waals surface area contributed by atoms with Gasteiger partial charge < -0.3 is 9.64 Å². The normalized spacial score (nSPS) is 15.2. The molecule has 0 amide bonds. The summed E-state index contributed by atoms with van der Waals surface area (Å²) < 4.78 is 33.5. The number of likely N-dealkylation sites (tertiary alicyclic amines) is 1. The summed E-state index contributed by atoms with van der Waals surface area (Å²) in [5, 5.41) is 11.8. The van der Waals surface area contributed by atoms with Gasteiger partial charge in [-0.15, -0.1) is 0 Å². The lowest BCUT2D eigenvalue weighted by Gasteiger charge is -2.30. The number of benzene rings is 2. The molecule has 0 radical (unpaired) electrons. The van der Waals surface area contributed by atoms with Crippen molar-refractivity contribution in [3.05, 3.63) is 68.2 Å². The number of nitro benzene ring substituents is 1. The second-order valence-electron chi connectivity index (χ2n) is 7.93. The molecule has 9 nitrogen and oxygen atoms in total. The molecule has 178 valence electrons. The van der Waals surface area contributed by atoms with Crippen LogP contribution in [0.5, 0.6) is 0 Å². The quantitative estimate of drug-likeness (QED) is 0.294. The number of esters is 1. The van der Waals surface area contributed by atoms with E-state index in [4.69, 9.17) is 4.74 Å². The van der Waals surface area contributed by atoms with Crippen LogP contribution in [-0.2, 0) is 26.0 Å². The lowest BCUT2D eigenvalue weighted by atomic mass is 9.97. The van der Waals surface area contributed by atoms with Gasteiger partial charge in [-0.3, -0.25) is 19.6 Å². The summed E-state index contributed by atoms with van der Waals surface area (Å²) in [4.78, 5) is 24.9. The number of rotatable bonds is 9. The summed E-state index contributed by atoms with van der Waals surface area (Å²) in [5.74, 6) is -0.597. The Bertz CT molecular complexity index is 1100. The molecule has 33 heavy (non-hydrogen) atoms. The number of nitro groups is 1. The third-order valence-corrected chi connectivity index (χ3v) is 7.45. The van der Waals surface area contributed by atoms with E-state index < -0.39 is 14.9 Å². The van der Waals surface area contributed by atoms with Crippen LogP contribution in [0.3, 0.4) is 0 Å². The van der Waals surface area contributed by atoms with Gasteiger partial charge >= 0.3 is 5.97 Å². The Morgan fingerprint density at radius 2 is 1.88 bits per heavy atom. The fraction of sp³-hybridized carbons (Fsp3) is 0.409. The molecule has 3 rings (SSSR count). The SMILES string of the molecule is COC(=O)C1CCN(CCS(=O)(=O)Nc2cccc(Cc3ccc(Br)cc3)c2[N+](=O)[O-])CC1. The number of carbonyl (C=O) groups excluding carboxylic acids is 1. The van der Waals surface area contributed by atoms with E-state index in [9.17, 15) is 23.3 Å². The van der Waals surface area contributed by atoms with Gasteiger partial charge in [0.15, 0.2) is 0 Å². The molecule has 1 fully saturated rings. The number of sulfonamides is 1. The Hall–Kier alpha value is -2.50. The summed E-state index contributed by atoms with van der Waals surface area (Å²) >= 11 is 3.36. The molecule has 2 aromatic rings. The van der Waals surface area contributed by atoms with E-state index in [2.05, 4.69) is 20.7 Å². The van der Waals surface area contributed by atoms with Crippen molar-refractivity contribution in [2.45, 2.75) is 19.3 Å². The number of halogens is 1. The molecule has 1 saturated heterocycles. The van der Waals surface area contributed by atoms with Gasteiger partial charge in [0, 0.05) is 23.0 Å². The molecule has 1 heterocycles. The summed E-state index contributed by atoms with van der Waals surface area (Å²) in [6.07, 6.45) is 1.53. The van der Waals surface area contributed by atoms with Crippen LogP contribution < -0.4 is 4.72 Å². The molecule has 1 N–H and O–H groups in total. The first kappa shape index (κ1) is 25.1. The Labute approximate surface area is 201 Å². The monoisotopic (exact) mass is 539 g/mol. The van der Waals surface area contributed by atoms with E-state index in [-0.39, 0.29) is 35.6 Å². The van der Waals surface area contributed by atoms with Gasteiger partial charge in [0.05, 0.1) is 23.7 Å². The first-order valence-corrected chi connectivity index (χ1v) is 12.9. The maximum absolute atomic E-state index is 12.7. The highest BCUT2D eigenvalue weighted by Crippen LogP contribution is 2.31. The smallest absolute Gasteiger partial charge is 0.308 e. The fourth-order valence-corrected chi connectivity index (χ4v) is 5.25. The molecule has 0 bridgehead atoms. The van der Waals surface area contributed by atoms with Crippen LogP contribution >= 0.6 is 15.9 Å². The van der Waals surface area contributed by atoms with Crippen molar-refractivity contribution in [1.29, 1.82) is 0 Å². The number of carbonyl (C=O) groups is 1. The van der Waals surface area contributed by atoms with Crippen molar-refractivity contribution >= 4 is 43.3 Å². The number of hydrogen-bond acceptors (Lipinski definition) is 7. The van der Waals surface area contributed by atoms with Crippen LogP contribution in [0.1, 0.15) is 24.0 Å². The van der Waals surface area contributed by atoms with Crippen molar-refractivity contribution in [3.8, 4) is 0 Å². The minimum Gasteiger partial charge on any atom is -0.469 e. The zero-order valence-electron chi connectivity index (χ0n) is 18.2. The Morgan fingerprint density at radius 1 is 1.21 bits per heavy atom. The minimum absolute atomic E-state index is 0.0426. The highest BCUT2D eigenvalue weighted by molar-refractivity contribution is 9.10. The van der Waals surface area contributed by atoms with E-state index in [0.717, 1.165) is 10.0 Å². The molecule has 1 aliphatic heterocycles. The van der Waals surface area contributed by atoms with Crippen molar-refractivity contribution in [1.82, 2.24) is 4.90 Å². The molecular weight excluding hydrogens is 514 g/mol. The number of methoxy groups -OCH3 is 1. The molecular formula is C22H26BrN3O6S. The van der Waals surface area contributed by atoms with Gasteiger partial charge in [-0.2, -0.15) is 0 Å². The highest BCUT2D eigenvalue weighted by atomic mass is 79.9. The Kier molecular flexibility index (Phi) is 8.44. The number of anilines is 1. The van der Waals surface area contributed by atoms with Crippen molar-refractivity contribution in [2.75, 3.05) is 37.2 Å². The van der Waals surface area contributed by atoms with E-state index in [1.54, 1.807) is 12.1 Å². The molecule has 11 heteroatoms. The van der Waals surface area contributed by atoms with E-state index in [1.807, 2.05) is 29.2 Å². The third kappa shape index (κ3) is 6.99. The number of nitrogens with one attached hydrogen (secondary N) is 1. The molecule has 2 aromatic carbocycles. The first-order chi connectivity index (χ1) is 15.7. The number of para-hydroxylation sites is 1. The average Bonchev–Trinajstić information content (AvgIpc) is 2.79. The van der Waals surface area contributed by atoms with Crippen molar-refractivity contribution in [2.24, 2.45) is 5.92 Å². The maximum atomic E-state index is 12.7. The largest absolute Gasteiger partial charge is 0.469 e. The van der Waals surface area contributed by atoms with Crippen molar-refractivity contribution in [3.63, 3.8) is 0 Å². The predicted molar refractivity (Wildman–Crippen MR) is 129 cm³/mol. The van der Waals surface area contributed by atoms with Gasteiger partial charge in [0.2, 0.25) is 10.0 Å². The number of piperidine rings is 1. The average molecular weight is 540 g/mol. The summed E-state index contributed by atoms with van der Waals surface area (Å²) in [5.41, 5.74) is 1.01. The lowest BCUT2D eigenvalue weighted by Crippen LogP contribution is -2.39. The number of ether oxygens (including phenoxy) is 1. The van der Waals surface area contributed by atoms with E-state index in [1.165, 1.54) is 13.2 Å². The predicted octanol–water partition coefficient (Wildman–Crippen LogP) is 3.57. The minimum atomic E-state index is -3.81. The molecule has 0 aromatic heterocycles. The van der Waals surface area contributed by atoms with Gasteiger partial charge in [-0.1, -0.05) is 40.2 Å². The van der Waals surface area contributed by atoms with Gasteiger partial charge in [0.25, 0.3) is 5.69 Å². The number of nitrogens with zero attached hydrogens (tertiary/aromatic N) is 2. The number of hydrogen-bond donors (Lipinski definition) is 1. The molecule has 0 aliphatic carbocycles. The lowest BCUT2D eigenvalue weighted by molar-refractivity contribution is -0.384. The summed E-state index contributed by atoms with van der Waals surface area (Å²) in [7, 11) is -2.45. The first-order valence-electron chi connectivity index (χ1n) is 10.5. The van der Waals surface area contributed by atoms with Crippen LogP contribution in [-0.4, -0.2) is 56.7 Å². The fourth-order valence-electron chi connectivity index (χ4n) is 3.88. The molecule has 0 unspecified atom stereocenters. The van der Waals surface area contributed by atoms with Crippen LogP contribution in [0, 0.1) is 16.0 Å². The molecule has 0 atom stereocenters. The van der Waals surface area contributed by atoms with Gasteiger partial charge in [-0.25, -0.2) is 8.42 Å². The van der Waals surface area contributed by atoms with Crippen LogP contribution in [0.15, 0.2) is 46.9 Å². The summed E-state index contributed by atoms with van der Waals surface area (Å²) in [6.45, 7) is 1.46. The standard InChI is InChI=1S/C22H26BrN3O6S/c1-32-22(27)17-9-11-25(12-10-17)13-14-33(30,31)24-20-4-2-3-18(21(20)26(28)29)15-16-5-7-19(23)8-6-16/h2-8,17,24H,9-15H2,1H3. The zero-order valence-corrected chi connectivity index (χ0v) is 20.6. The molecule has 1 aliphatic rings. The third-order valence-electron chi connectivity index (χ3n) is 5.67. The van der Waals surface area contributed by atoms with Crippen LogP contribution in [0.25, 0.3) is 0 Å². The Balaban J connectivity index is 1.67. The van der Waals surface area contributed by atoms with Crippen LogP contribution in [0.4, 0.5) is 11.4 Å². The van der Waals surface area contributed by atoms with Crippen molar-refractivity contribution < 1.29 is 22.9 Å². The summed E-state index contributed by atoms with van der Waals surface area (Å²) in [6, 6.07) is 12.0. The second kappa shape index (κ2) is 11.1. The molecule has 0 spiro atoms.